The maximum Gasteiger partial charge on any atom is 0.265 e. The van der Waals surface area contributed by atoms with Crippen molar-refractivity contribution in [3.05, 3.63) is 53.6 Å². The average Bonchev–Trinajstić information content (AvgIpc) is 2.58. The molecule has 25 heavy (non-hydrogen) atoms. The van der Waals surface area contributed by atoms with E-state index in [1.807, 2.05) is 6.07 Å². The second kappa shape index (κ2) is 9.56. The Morgan fingerprint density at radius 3 is 2.88 bits per heavy atom. The fourth-order valence-electron chi connectivity index (χ4n) is 2.54. The summed E-state index contributed by atoms with van der Waals surface area (Å²) in [5.41, 5.74) is 1.80. The van der Waals surface area contributed by atoms with Crippen molar-refractivity contribution in [3.63, 3.8) is 0 Å². The van der Waals surface area contributed by atoms with Crippen LogP contribution in [0.15, 0.2) is 36.7 Å². The van der Waals surface area contributed by atoms with Crippen LogP contribution in [0.3, 0.4) is 0 Å². The summed E-state index contributed by atoms with van der Waals surface area (Å²) in [5, 5.41) is 5.79. The predicted molar refractivity (Wildman–Crippen MR) is 99.3 cm³/mol. The van der Waals surface area contributed by atoms with Gasteiger partial charge in [0.2, 0.25) is 0 Å². The molecule has 1 atom stereocenters. The van der Waals surface area contributed by atoms with Gasteiger partial charge in [-0.25, -0.2) is 4.39 Å². The number of amides is 1. The second-order valence-electron chi connectivity index (χ2n) is 5.43. The smallest absolute Gasteiger partial charge is 0.265 e. The van der Waals surface area contributed by atoms with E-state index in [4.69, 9.17) is 4.74 Å². The summed E-state index contributed by atoms with van der Waals surface area (Å²) in [4.78, 5) is 16.1. The molecule has 136 valence electrons. The molecule has 5 nitrogen and oxygen atoms in total. The summed E-state index contributed by atoms with van der Waals surface area (Å²) in [5.74, 6) is -0.264. The lowest BCUT2D eigenvalue weighted by molar-refractivity contribution is -0.122. The number of hydrogen-bond acceptors (Lipinski definition) is 4. The van der Waals surface area contributed by atoms with Gasteiger partial charge in [0.25, 0.3) is 5.91 Å². The summed E-state index contributed by atoms with van der Waals surface area (Å²) in [6, 6.07) is 6.86. The van der Waals surface area contributed by atoms with Gasteiger partial charge in [0.05, 0.1) is 11.9 Å². The van der Waals surface area contributed by atoms with E-state index in [9.17, 15) is 9.18 Å². The molecule has 1 aliphatic rings. The van der Waals surface area contributed by atoms with Crippen LogP contribution in [0.4, 0.5) is 10.1 Å². The Balaban J connectivity index is 0.00000156. The Hall–Kier alpha value is -1.89. The molecule has 2 aromatic rings. The van der Waals surface area contributed by atoms with Crippen molar-refractivity contribution in [1.29, 1.82) is 0 Å². The van der Waals surface area contributed by atoms with Gasteiger partial charge in [-0.15, -0.1) is 24.8 Å². The minimum atomic E-state index is -0.753. The molecule has 3 rings (SSSR count). The molecule has 1 aliphatic heterocycles. The minimum absolute atomic E-state index is 0. The van der Waals surface area contributed by atoms with E-state index in [-0.39, 0.29) is 36.3 Å². The van der Waals surface area contributed by atoms with Crippen molar-refractivity contribution in [2.45, 2.75) is 26.0 Å². The summed E-state index contributed by atoms with van der Waals surface area (Å²) < 4.78 is 20.0. The Morgan fingerprint density at radius 1 is 1.36 bits per heavy atom. The highest BCUT2D eigenvalue weighted by atomic mass is 35.5. The maximum atomic E-state index is 14.5. The molecule has 1 aromatic heterocycles. The molecule has 0 radical (unpaired) electrons. The van der Waals surface area contributed by atoms with E-state index in [2.05, 4.69) is 15.6 Å². The fourth-order valence-corrected chi connectivity index (χ4v) is 2.54. The normalized spacial score (nSPS) is 13.5. The Labute approximate surface area is 158 Å². The molecule has 1 amide bonds. The first kappa shape index (κ1) is 21.2. The van der Waals surface area contributed by atoms with Crippen LogP contribution in [0.1, 0.15) is 18.1 Å². The van der Waals surface area contributed by atoms with Gasteiger partial charge in [-0.1, -0.05) is 6.07 Å². The molecule has 0 saturated heterocycles. The highest BCUT2D eigenvalue weighted by molar-refractivity contribution is 5.94. The number of pyridine rings is 1. The van der Waals surface area contributed by atoms with Crippen LogP contribution < -0.4 is 15.4 Å². The van der Waals surface area contributed by atoms with Gasteiger partial charge in [0.15, 0.2) is 6.10 Å². The van der Waals surface area contributed by atoms with Crippen molar-refractivity contribution < 1.29 is 13.9 Å². The number of nitrogens with one attached hydrogen (secondary N) is 2. The number of ether oxygens (including phenoxy) is 1. The molecule has 0 saturated carbocycles. The van der Waals surface area contributed by atoms with Crippen LogP contribution in [0, 0.1) is 5.82 Å². The largest absolute Gasteiger partial charge is 0.479 e. The van der Waals surface area contributed by atoms with Crippen LogP contribution >= 0.6 is 24.8 Å². The quantitative estimate of drug-likeness (QED) is 0.845. The molecule has 2 heterocycles. The van der Waals surface area contributed by atoms with Crippen molar-refractivity contribution in [3.8, 4) is 5.75 Å². The number of hydrogen-bond donors (Lipinski definition) is 2. The number of fused-ring (bicyclic) bond motifs is 1. The van der Waals surface area contributed by atoms with Crippen molar-refractivity contribution in [1.82, 2.24) is 10.3 Å². The molecular weight excluding hydrogens is 368 g/mol. The van der Waals surface area contributed by atoms with Crippen LogP contribution in [0.2, 0.25) is 0 Å². The monoisotopic (exact) mass is 387 g/mol. The molecule has 0 spiro atoms. The zero-order valence-electron chi connectivity index (χ0n) is 13.6. The van der Waals surface area contributed by atoms with E-state index < -0.39 is 12.0 Å². The Kier molecular flexibility index (Phi) is 8.09. The number of anilines is 1. The van der Waals surface area contributed by atoms with E-state index in [0.29, 0.717) is 24.3 Å². The number of carbonyl (C=O) groups excluding carboxylic acids is 1. The minimum Gasteiger partial charge on any atom is -0.479 e. The van der Waals surface area contributed by atoms with Crippen molar-refractivity contribution in [2.24, 2.45) is 0 Å². The Morgan fingerprint density at radius 2 is 2.16 bits per heavy atom. The molecule has 2 N–H and O–H groups in total. The predicted octanol–water partition coefficient (Wildman–Crippen LogP) is 3.12. The lowest BCUT2D eigenvalue weighted by Gasteiger charge is -2.20. The summed E-state index contributed by atoms with van der Waals surface area (Å²) in [6.07, 6.45) is 3.01. The number of rotatable bonds is 4. The van der Waals surface area contributed by atoms with Gasteiger partial charge in [0.1, 0.15) is 11.6 Å². The molecule has 0 fully saturated rings. The molecular formula is C17H20Cl2FN3O2. The highest BCUT2D eigenvalue weighted by Crippen LogP contribution is 2.24. The third kappa shape index (κ3) is 5.04. The standard InChI is InChI=1S/C17H18FN3O2.2ClH/c1-11(23-13-3-2-7-19-10-13)17(22)21-15-5-4-12-9-20-8-6-14(12)16(15)18;;/h2-5,7,10-11,20H,6,8-9H2,1H3,(H,21,22);2*1H. The Bertz CT molecular complexity index is 717. The zero-order chi connectivity index (χ0) is 16.2. The highest BCUT2D eigenvalue weighted by Gasteiger charge is 2.20. The lowest BCUT2D eigenvalue weighted by Crippen LogP contribution is -2.31. The average molecular weight is 388 g/mol. The van der Waals surface area contributed by atoms with Crippen LogP contribution in [0.5, 0.6) is 5.75 Å². The third-order valence-electron chi connectivity index (χ3n) is 3.78. The summed E-state index contributed by atoms with van der Waals surface area (Å²) in [7, 11) is 0. The topological polar surface area (TPSA) is 63.2 Å². The molecule has 1 aromatic carbocycles. The third-order valence-corrected chi connectivity index (χ3v) is 3.78. The molecule has 0 aliphatic carbocycles. The summed E-state index contributed by atoms with van der Waals surface area (Å²) >= 11 is 0. The van der Waals surface area contributed by atoms with E-state index >= 15 is 0 Å². The molecule has 8 heteroatoms. The first-order valence-electron chi connectivity index (χ1n) is 7.53. The van der Waals surface area contributed by atoms with Crippen molar-refractivity contribution in [2.75, 3.05) is 11.9 Å². The van der Waals surface area contributed by atoms with Crippen LogP contribution in [-0.2, 0) is 17.8 Å². The van der Waals surface area contributed by atoms with Gasteiger partial charge in [-0.2, -0.15) is 0 Å². The number of nitrogens with zero attached hydrogens (tertiary/aromatic N) is 1. The van der Waals surface area contributed by atoms with Crippen LogP contribution in [-0.4, -0.2) is 23.5 Å². The van der Waals surface area contributed by atoms with E-state index in [1.165, 1.54) is 6.20 Å². The molecule has 1 unspecified atom stereocenters. The number of benzene rings is 1. The van der Waals surface area contributed by atoms with Gasteiger partial charge < -0.3 is 15.4 Å². The van der Waals surface area contributed by atoms with Crippen LogP contribution in [0.25, 0.3) is 0 Å². The maximum absolute atomic E-state index is 14.5. The number of halogens is 3. The summed E-state index contributed by atoms with van der Waals surface area (Å²) in [6.45, 7) is 3.01. The SMILES string of the molecule is CC(Oc1cccnc1)C(=O)Nc1ccc2c(c1F)CCNC2.Cl.Cl. The first-order valence-corrected chi connectivity index (χ1v) is 7.53. The molecule has 0 bridgehead atoms. The first-order chi connectivity index (χ1) is 11.1. The number of aromatic nitrogens is 1. The van der Waals surface area contributed by atoms with Gasteiger partial charge in [-0.3, -0.25) is 9.78 Å². The van der Waals surface area contributed by atoms with E-state index in [0.717, 1.165) is 12.1 Å². The van der Waals surface area contributed by atoms with Crippen molar-refractivity contribution >= 4 is 36.4 Å². The lowest BCUT2D eigenvalue weighted by atomic mass is 9.99. The van der Waals surface area contributed by atoms with Gasteiger partial charge in [0, 0.05) is 12.7 Å². The van der Waals surface area contributed by atoms with Gasteiger partial charge >= 0.3 is 0 Å². The fraction of sp³-hybridized carbons (Fsp3) is 0.294. The van der Waals surface area contributed by atoms with Gasteiger partial charge in [-0.05, 0) is 49.2 Å². The zero-order valence-corrected chi connectivity index (χ0v) is 15.3. The number of carbonyl (C=O) groups is 1. The van der Waals surface area contributed by atoms with E-state index in [1.54, 1.807) is 31.3 Å². The second-order valence-corrected chi connectivity index (χ2v) is 5.43.